The number of hydrogen-bond donors (Lipinski definition) is 3. The zero-order valence-corrected chi connectivity index (χ0v) is 10.9. The van der Waals surface area contributed by atoms with Gasteiger partial charge in [-0.3, -0.25) is 9.59 Å². The number of amides is 2. The van der Waals surface area contributed by atoms with Crippen LogP contribution in [0.1, 0.15) is 13.8 Å². The van der Waals surface area contributed by atoms with Crippen LogP contribution in [0.5, 0.6) is 0 Å². The van der Waals surface area contributed by atoms with Crippen molar-refractivity contribution >= 4 is 11.8 Å². The van der Waals surface area contributed by atoms with Gasteiger partial charge >= 0.3 is 0 Å². The maximum absolute atomic E-state index is 11.2. The second-order valence-corrected chi connectivity index (χ2v) is 3.80. The third-order valence-electron chi connectivity index (χ3n) is 1.91. The second kappa shape index (κ2) is 10.9. The van der Waals surface area contributed by atoms with Gasteiger partial charge in [0, 0.05) is 19.5 Å². The Morgan fingerprint density at radius 2 is 1.89 bits per heavy atom. The van der Waals surface area contributed by atoms with E-state index in [1.54, 1.807) is 6.92 Å². The first kappa shape index (κ1) is 16.8. The van der Waals surface area contributed by atoms with Crippen molar-refractivity contribution in [1.82, 2.24) is 10.6 Å². The predicted octanol–water partition coefficient (Wildman–Crippen LogP) is -1.35. The molecule has 0 saturated carbocycles. The molecule has 18 heavy (non-hydrogen) atoms. The normalized spacial score (nSPS) is 11.9. The van der Waals surface area contributed by atoms with Gasteiger partial charge < -0.3 is 25.2 Å². The molecule has 1 unspecified atom stereocenters. The summed E-state index contributed by atoms with van der Waals surface area (Å²) in [5.41, 5.74) is 0. The Morgan fingerprint density at radius 3 is 2.50 bits per heavy atom. The van der Waals surface area contributed by atoms with Crippen molar-refractivity contribution < 1.29 is 24.2 Å². The molecule has 0 heterocycles. The van der Waals surface area contributed by atoms with Crippen LogP contribution in [0.3, 0.4) is 0 Å². The fourth-order valence-electron chi connectivity index (χ4n) is 1.05. The standard InChI is InChI=1S/C11H22N2O5/c1-9(7-14)13-11(16)8-18-6-5-17-4-3-12-10(2)15/h9,14H,3-8H2,1-2H3,(H,12,15)(H,13,16). The molecule has 0 fully saturated rings. The Balaban J connectivity index is 3.25. The number of carbonyl (C=O) groups excluding carboxylic acids is 2. The maximum atomic E-state index is 11.2. The van der Waals surface area contributed by atoms with E-state index in [1.165, 1.54) is 6.92 Å². The minimum Gasteiger partial charge on any atom is -0.394 e. The average molecular weight is 262 g/mol. The quantitative estimate of drug-likeness (QED) is 0.423. The summed E-state index contributed by atoms with van der Waals surface area (Å²) in [5.74, 6) is -0.362. The molecular formula is C11H22N2O5. The zero-order chi connectivity index (χ0) is 13.8. The van der Waals surface area contributed by atoms with Gasteiger partial charge in [0.2, 0.25) is 11.8 Å². The molecule has 0 spiro atoms. The van der Waals surface area contributed by atoms with Crippen molar-refractivity contribution in [3.63, 3.8) is 0 Å². The van der Waals surface area contributed by atoms with Crippen molar-refractivity contribution in [2.75, 3.05) is 39.6 Å². The predicted molar refractivity (Wildman–Crippen MR) is 65.0 cm³/mol. The summed E-state index contributed by atoms with van der Waals surface area (Å²) in [7, 11) is 0. The van der Waals surface area contributed by atoms with E-state index in [-0.39, 0.29) is 31.1 Å². The average Bonchev–Trinajstić information content (AvgIpc) is 2.31. The van der Waals surface area contributed by atoms with E-state index in [9.17, 15) is 9.59 Å². The molecule has 0 aliphatic carbocycles. The van der Waals surface area contributed by atoms with Crippen LogP contribution < -0.4 is 10.6 Å². The number of hydrogen-bond acceptors (Lipinski definition) is 5. The van der Waals surface area contributed by atoms with Crippen LogP contribution in [0, 0.1) is 0 Å². The van der Waals surface area contributed by atoms with Gasteiger partial charge in [-0.1, -0.05) is 0 Å². The fourth-order valence-corrected chi connectivity index (χ4v) is 1.05. The van der Waals surface area contributed by atoms with E-state index in [0.29, 0.717) is 26.4 Å². The van der Waals surface area contributed by atoms with Crippen molar-refractivity contribution in [3.05, 3.63) is 0 Å². The van der Waals surface area contributed by atoms with E-state index >= 15 is 0 Å². The highest BCUT2D eigenvalue weighted by Crippen LogP contribution is 1.82. The minimum atomic E-state index is -0.269. The summed E-state index contributed by atoms with van der Waals surface area (Å²) in [6.45, 7) is 4.53. The van der Waals surface area contributed by atoms with Crippen LogP contribution in [0.2, 0.25) is 0 Å². The van der Waals surface area contributed by atoms with E-state index < -0.39 is 0 Å². The van der Waals surface area contributed by atoms with Crippen LogP contribution in [-0.4, -0.2) is 62.5 Å². The van der Waals surface area contributed by atoms with Gasteiger partial charge in [-0.25, -0.2) is 0 Å². The molecule has 0 aromatic rings. The van der Waals surface area contributed by atoms with Crippen LogP contribution in [-0.2, 0) is 19.1 Å². The van der Waals surface area contributed by atoms with Crippen LogP contribution in [0.25, 0.3) is 0 Å². The number of aliphatic hydroxyl groups excluding tert-OH is 1. The Bertz CT molecular complexity index is 248. The number of aliphatic hydroxyl groups is 1. The highest BCUT2D eigenvalue weighted by molar-refractivity contribution is 5.77. The molecule has 0 aromatic heterocycles. The second-order valence-electron chi connectivity index (χ2n) is 3.80. The zero-order valence-electron chi connectivity index (χ0n) is 10.9. The minimum absolute atomic E-state index is 0.0562. The van der Waals surface area contributed by atoms with Gasteiger partial charge in [-0.2, -0.15) is 0 Å². The van der Waals surface area contributed by atoms with Crippen molar-refractivity contribution in [3.8, 4) is 0 Å². The Kier molecular flexibility index (Phi) is 10.2. The molecule has 0 aliphatic rings. The Morgan fingerprint density at radius 1 is 1.22 bits per heavy atom. The smallest absolute Gasteiger partial charge is 0.246 e. The summed E-state index contributed by atoms with van der Waals surface area (Å²) >= 11 is 0. The first-order chi connectivity index (χ1) is 8.56. The first-order valence-corrected chi connectivity index (χ1v) is 5.86. The van der Waals surface area contributed by atoms with Crippen LogP contribution in [0.4, 0.5) is 0 Å². The molecule has 0 aromatic carbocycles. The molecule has 7 nitrogen and oxygen atoms in total. The van der Waals surface area contributed by atoms with E-state index in [4.69, 9.17) is 14.6 Å². The Hall–Kier alpha value is -1.18. The fraction of sp³-hybridized carbons (Fsp3) is 0.818. The maximum Gasteiger partial charge on any atom is 0.246 e. The molecule has 0 aliphatic heterocycles. The lowest BCUT2D eigenvalue weighted by Crippen LogP contribution is -2.37. The topological polar surface area (TPSA) is 96.9 Å². The summed E-state index contributed by atoms with van der Waals surface area (Å²) in [5, 5.41) is 13.9. The summed E-state index contributed by atoms with van der Waals surface area (Å²) < 4.78 is 10.2. The number of nitrogens with one attached hydrogen (secondary N) is 2. The Labute approximate surface area is 107 Å². The molecule has 1 atom stereocenters. The molecule has 7 heteroatoms. The van der Waals surface area contributed by atoms with E-state index in [1.807, 2.05) is 0 Å². The molecule has 0 bridgehead atoms. The van der Waals surface area contributed by atoms with Crippen molar-refractivity contribution in [2.24, 2.45) is 0 Å². The lowest BCUT2D eigenvalue weighted by Gasteiger charge is -2.11. The van der Waals surface area contributed by atoms with Gasteiger partial charge in [-0.05, 0) is 6.92 Å². The monoisotopic (exact) mass is 262 g/mol. The van der Waals surface area contributed by atoms with Crippen molar-refractivity contribution in [2.45, 2.75) is 19.9 Å². The molecule has 106 valence electrons. The summed E-state index contributed by atoms with van der Waals surface area (Å²) in [4.78, 5) is 21.7. The molecule has 0 saturated heterocycles. The van der Waals surface area contributed by atoms with Crippen LogP contribution in [0.15, 0.2) is 0 Å². The van der Waals surface area contributed by atoms with Gasteiger partial charge in [0.15, 0.2) is 0 Å². The molecule has 0 rings (SSSR count). The highest BCUT2D eigenvalue weighted by Gasteiger charge is 2.05. The molecular weight excluding hydrogens is 240 g/mol. The van der Waals surface area contributed by atoms with Gasteiger partial charge in [0.25, 0.3) is 0 Å². The third kappa shape index (κ3) is 11.3. The van der Waals surface area contributed by atoms with Gasteiger partial charge in [0.1, 0.15) is 6.61 Å². The molecule has 3 N–H and O–H groups in total. The van der Waals surface area contributed by atoms with Gasteiger partial charge in [0.05, 0.1) is 26.4 Å². The van der Waals surface area contributed by atoms with E-state index in [2.05, 4.69) is 10.6 Å². The summed E-state index contributed by atoms with van der Waals surface area (Å²) in [6.07, 6.45) is 0. The highest BCUT2D eigenvalue weighted by atomic mass is 16.5. The lowest BCUT2D eigenvalue weighted by molar-refractivity contribution is -0.127. The van der Waals surface area contributed by atoms with E-state index in [0.717, 1.165) is 0 Å². The lowest BCUT2D eigenvalue weighted by atomic mass is 10.3. The third-order valence-corrected chi connectivity index (χ3v) is 1.91. The molecule has 0 radical (unpaired) electrons. The first-order valence-electron chi connectivity index (χ1n) is 5.86. The van der Waals surface area contributed by atoms with Crippen molar-refractivity contribution in [1.29, 1.82) is 0 Å². The number of ether oxygens (including phenoxy) is 2. The largest absolute Gasteiger partial charge is 0.394 e. The van der Waals surface area contributed by atoms with Crippen LogP contribution >= 0.6 is 0 Å². The number of rotatable bonds is 10. The summed E-state index contributed by atoms with van der Waals surface area (Å²) in [6, 6.07) is -0.269. The SMILES string of the molecule is CC(=O)NCCOCCOCC(=O)NC(C)CO. The van der Waals surface area contributed by atoms with Gasteiger partial charge in [-0.15, -0.1) is 0 Å². The number of carbonyl (C=O) groups is 2. The molecule has 2 amide bonds.